The SMILES string of the molecule is CC(=O)c1cc2c(cc1NC(=O)COC(=O)c1nc(-c3cccs3)n(-c3ccccc3)n1)OCO2. The van der Waals surface area contributed by atoms with E-state index < -0.39 is 18.5 Å². The number of carbonyl (C=O) groups is 3. The van der Waals surface area contributed by atoms with Crippen molar-refractivity contribution in [3.63, 3.8) is 0 Å². The molecule has 2 aromatic heterocycles. The quantitative estimate of drug-likeness (QED) is 0.307. The van der Waals surface area contributed by atoms with Crippen LogP contribution in [0.25, 0.3) is 16.4 Å². The van der Waals surface area contributed by atoms with Crippen LogP contribution < -0.4 is 14.8 Å². The molecule has 1 aliphatic heterocycles. The minimum Gasteiger partial charge on any atom is -0.454 e. The van der Waals surface area contributed by atoms with Crippen LogP contribution >= 0.6 is 11.3 Å². The third-order valence-electron chi connectivity index (χ3n) is 5.03. The van der Waals surface area contributed by atoms with Gasteiger partial charge >= 0.3 is 5.97 Å². The Balaban J connectivity index is 1.31. The van der Waals surface area contributed by atoms with Crippen molar-refractivity contribution in [3.8, 4) is 27.9 Å². The Bertz CT molecular complexity index is 1420. The Morgan fingerprint density at radius 2 is 1.86 bits per heavy atom. The highest BCUT2D eigenvalue weighted by atomic mass is 32.1. The lowest BCUT2D eigenvalue weighted by Crippen LogP contribution is -2.22. The standard InChI is InChI=1S/C24H18N4O6S/c1-14(29)16-10-18-19(34-13-33-18)11-17(16)25-21(30)12-32-24(31)22-26-23(20-8-5-9-35-20)28(27-22)15-6-3-2-4-7-15/h2-11H,12-13H2,1H3,(H,25,30). The van der Waals surface area contributed by atoms with E-state index in [2.05, 4.69) is 15.4 Å². The van der Waals surface area contributed by atoms with Crippen LogP contribution in [-0.2, 0) is 9.53 Å². The molecule has 35 heavy (non-hydrogen) atoms. The summed E-state index contributed by atoms with van der Waals surface area (Å²) in [5.41, 5.74) is 1.20. The number of amides is 1. The zero-order chi connectivity index (χ0) is 24.4. The molecule has 1 aliphatic rings. The molecule has 0 atom stereocenters. The molecule has 0 spiro atoms. The van der Waals surface area contributed by atoms with E-state index in [1.165, 1.54) is 30.4 Å². The first-order chi connectivity index (χ1) is 17.0. The third-order valence-corrected chi connectivity index (χ3v) is 5.90. The molecule has 11 heteroatoms. The molecule has 2 aromatic carbocycles. The van der Waals surface area contributed by atoms with Gasteiger partial charge in [0.05, 0.1) is 16.3 Å². The van der Waals surface area contributed by atoms with Gasteiger partial charge < -0.3 is 19.5 Å². The van der Waals surface area contributed by atoms with E-state index in [-0.39, 0.29) is 29.7 Å². The number of para-hydroxylation sites is 1. The highest BCUT2D eigenvalue weighted by molar-refractivity contribution is 7.13. The summed E-state index contributed by atoms with van der Waals surface area (Å²) >= 11 is 1.46. The van der Waals surface area contributed by atoms with Crippen LogP contribution in [0.1, 0.15) is 27.9 Å². The van der Waals surface area contributed by atoms with Crippen molar-refractivity contribution in [2.24, 2.45) is 0 Å². The van der Waals surface area contributed by atoms with Crippen molar-refractivity contribution in [1.82, 2.24) is 14.8 Å². The second kappa shape index (κ2) is 9.39. The number of nitrogens with zero attached hydrogens (tertiary/aromatic N) is 3. The maximum Gasteiger partial charge on any atom is 0.378 e. The topological polar surface area (TPSA) is 122 Å². The van der Waals surface area contributed by atoms with E-state index in [1.54, 1.807) is 4.68 Å². The second-order valence-electron chi connectivity index (χ2n) is 7.42. The number of thiophene rings is 1. The second-order valence-corrected chi connectivity index (χ2v) is 8.36. The van der Waals surface area contributed by atoms with Gasteiger partial charge in [0.25, 0.3) is 11.7 Å². The molecular weight excluding hydrogens is 472 g/mol. The van der Waals surface area contributed by atoms with Gasteiger partial charge in [-0.2, -0.15) is 4.98 Å². The largest absolute Gasteiger partial charge is 0.454 e. The van der Waals surface area contributed by atoms with Gasteiger partial charge in [0, 0.05) is 11.6 Å². The molecular formula is C24H18N4O6S. The number of ketones is 1. The van der Waals surface area contributed by atoms with E-state index >= 15 is 0 Å². The van der Waals surface area contributed by atoms with Crippen molar-refractivity contribution < 1.29 is 28.6 Å². The van der Waals surface area contributed by atoms with Crippen LogP contribution in [0.2, 0.25) is 0 Å². The summed E-state index contributed by atoms with van der Waals surface area (Å²) in [4.78, 5) is 42.3. The van der Waals surface area contributed by atoms with E-state index in [0.29, 0.717) is 17.3 Å². The Morgan fingerprint density at radius 1 is 1.09 bits per heavy atom. The number of hydrogen-bond donors (Lipinski definition) is 1. The summed E-state index contributed by atoms with van der Waals surface area (Å²) in [6.07, 6.45) is 0. The molecule has 0 aliphatic carbocycles. The molecule has 5 rings (SSSR count). The van der Waals surface area contributed by atoms with E-state index in [4.69, 9.17) is 14.2 Å². The van der Waals surface area contributed by atoms with Crippen molar-refractivity contribution in [1.29, 1.82) is 0 Å². The van der Waals surface area contributed by atoms with Crippen LogP contribution in [0, 0.1) is 0 Å². The number of hydrogen-bond acceptors (Lipinski definition) is 9. The molecule has 0 saturated carbocycles. The predicted molar refractivity (Wildman–Crippen MR) is 126 cm³/mol. The zero-order valence-corrected chi connectivity index (χ0v) is 19.2. The Kier molecular flexibility index (Phi) is 5.98. The average Bonchev–Trinajstić information content (AvgIpc) is 3.62. The smallest absolute Gasteiger partial charge is 0.378 e. The fourth-order valence-electron chi connectivity index (χ4n) is 3.43. The normalized spacial score (nSPS) is 11.8. The molecule has 0 radical (unpaired) electrons. The molecule has 1 amide bonds. The molecule has 4 aromatic rings. The van der Waals surface area contributed by atoms with Gasteiger partial charge in [-0.3, -0.25) is 9.59 Å². The van der Waals surface area contributed by atoms with Gasteiger partial charge in [-0.1, -0.05) is 24.3 Å². The van der Waals surface area contributed by atoms with Gasteiger partial charge in [0.15, 0.2) is 29.7 Å². The molecule has 1 N–H and O–H groups in total. The lowest BCUT2D eigenvalue weighted by molar-refractivity contribution is -0.119. The zero-order valence-electron chi connectivity index (χ0n) is 18.4. The number of aromatic nitrogens is 3. The number of fused-ring (bicyclic) bond motifs is 1. The Hall–Kier alpha value is -4.51. The maximum atomic E-state index is 12.7. The van der Waals surface area contributed by atoms with Crippen LogP contribution in [0.5, 0.6) is 11.5 Å². The maximum absolute atomic E-state index is 12.7. The Labute approximate surface area is 203 Å². The van der Waals surface area contributed by atoms with Gasteiger partial charge in [0.2, 0.25) is 6.79 Å². The summed E-state index contributed by atoms with van der Waals surface area (Å²) in [5, 5.41) is 8.78. The van der Waals surface area contributed by atoms with Crippen molar-refractivity contribution in [3.05, 3.63) is 71.4 Å². The molecule has 0 unspecified atom stereocenters. The highest BCUT2D eigenvalue weighted by Crippen LogP contribution is 2.37. The Morgan fingerprint density at radius 3 is 2.57 bits per heavy atom. The minimum atomic E-state index is -0.856. The van der Waals surface area contributed by atoms with E-state index in [1.807, 2.05) is 47.8 Å². The van der Waals surface area contributed by atoms with E-state index in [0.717, 1.165) is 10.6 Å². The summed E-state index contributed by atoms with van der Waals surface area (Å²) in [5.74, 6) is -0.648. The van der Waals surface area contributed by atoms with Crippen molar-refractivity contribution in [2.75, 3.05) is 18.7 Å². The fraction of sp³-hybridized carbons (Fsp3) is 0.125. The van der Waals surface area contributed by atoms with Crippen LogP contribution in [0.4, 0.5) is 5.69 Å². The number of esters is 1. The van der Waals surface area contributed by atoms with Gasteiger partial charge in [-0.15, -0.1) is 16.4 Å². The lowest BCUT2D eigenvalue weighted by atomic mass is 10.1. The number of benzene rings is 2. The number of anilines is 1. The number of nitrogens with one attached hydrogen (secondary N) is 1. The summed E-state index contributed by atoms with van der Waals surface area (Å²) in [6, 6.07) is 16.0. The summed E-state index contributed by atoms with van der Waals surface area (Å²) in [7, 11) is 0. The summed E-state index contributed by atoms with van der Waals surface area (Å²) in [6.45, 7) is 0.795. The van der Waals surface area contributed by atoms with E-state index in [9.17, 15) is 14.4 Å². The first-order valence-corrected chi connectivity index (χ1v) is 11.4. The molecule has 0 fully saturated rings. The average molecular weight is 490 g/mol. The van der Waals surface area contributed by atoms with Crippen LogP contribution in [-0.4, -0.2) is 45.8 Å². The monoisotopic (exact) mass is 490 g/mol. The molecule has 176 valence electrons. The van der Waals surface area contributed by atoms with Gasteiger partial charge in [-0.25, -0.2) is 9.48 Å². The fourth-order valence-corrected chi connectivity index (χ4v) is 4.13. The number of ether oxygens (including phenoxy) is 3. The minimum absolute atomic E-state index is 0.0256. The molecule has 0 saturated heterocycles. The first-order valence-electron chi connectivity index (χ1n) is 10.5. The molecule has 10 nitrogen and oxygen atoms in total. The van der Waals surface area contributed by atoms with Gasteiger partial charge in [0.1, 0.15) is 0 Å². The molecule has 0 bridgehead atoms. The number of Topliss-reactive ketones (excluding diaryl/α,β-unsaturated/α-hetero) is 1. The number of rotatable bonds is 7. The lowest BCUT2D eigenvalue weighted by Gasteiger charge is -2.10. The highest BCUT2D eigenvalue weighted by Gasteiger charge is 2.23. The summed E-state index contributed by atoms with van der Waals surface area (Å²) < 4.78 is 17.3. The van der Waals surface area contributed by atoms with Crippen LogP contribution in [0.3, 0.4) is 0 Å². The molecule has 3 heterocycles. The third kappa shape index (κ3) is 4.62. The van der Waals surface area contributed by atoms with Gasteiger partial charge in [-0.05, 0) is 36.6 Å². The van der Waals surface area contributed by atoms with Crippen molar-refractivity contribution >= 4 is 34.7 Å². The number of carbonyl (C=O) groups excluding carboxylic acids is 3. The first kappa shape index (κ1) is 22.3. The van der Waals surface area contributed by atoms with Crippen molar-refractivity contribution in [2.45, 2.75) is 6.92 Å². The van der Waals surface area contributed by atoms with Crippen LogP contribution in [0.15, 0.2) is 60.0 Å². The predicted octanol–water partition coefficient (Wildman–Crippen LogP) is 3.72.